The standard InChI is InChI=1S/C36H58N6O9/c1-9-22(4)30(33(47)40-29(21(2)3)34(48)50-8)41-32(46)26-16-13-17-42(26)20-27(43)24(18-23-14-11-10-12-15-23)38-31(45)25(19-28(37)44)39-35(49)51-36(5,6)7/h10-12,14-15,21-22,24-27,29-30,43H,9,13,16-20H2,1-8H3,(H2,37,44)(H,38,45)(H,39,49)(H,40,47)(H,41,46)/t22?,24-,25-,26-,27-,29-,30-/m0/s1. The van der Waals surface area contributed by atoms with Crippen LogP contribution in [0, 0.1) is 11.8 Å². The molecule has 0 spiro atoms. The van der Waals surface area contributed by atoms with Crippen LogP contribution in [0.2, 0.25) is 0 Å². The molecular formula is C36H58N6O9. The number of aliphatic hydroxyl groups is 1. The maximum Gasteiger partial charge on any atom is 0.408 e. The number of nitrogens with zero attached hydrogens (tertiary/aromatic N) is 1. The smallest absolute Gasteiger partial charge is 0.408 e. The normalized spacial score (nSPS) is 18.4. The largest absolute Gasteiger partial charge is 0.467 e. The summed E-state index contributed by atoms with van der Waals surface area (Å²) in [6, 6.07) is 4.39. The second kappa shape index (κ2) is 20.0. The lowest BCUT2D eigenvalue weighted by Crippen LogP contribution is -2.59. The Bertz CT molecular complexity index is 1340. The summed E-state index contributed by atoms with van der Waals surface area (Å²) >= 11 is 0. The van der Waals surface area contributed by atoms with Gasteiger partial charge in [0.25, 0.3) is 0 Å². The Balaban J connectivity index is 2.26. The highest BCUT2D eigenvalue weighted by Gasteiger charge is 2.38. The number of carbonyl (C=O) groups is 6. The van der Waals surface area contributed by atoms with Gasteiger partial charge in [-0.3, -0.25) is 24.1 Å². The fourth-order valence-electron chi connectivity index (χ4n) is 5.82. The van der Waals surface area contributed by atoms with Gasteiger partial charge in [0.1, 0.15) is 23.7 Å². The zero-order valence-corrected chi connectivity index (χ0v) is 31.2. The van der Waals surface area contributed by atoms with Crippen molar-refractivity contribution < 1.29 is 43.3 Å². The second-order valence-corrected chi connectivity index (χ2v) is 14.5. The molecule has 15 nitrogen and oxygen atoms in total. The Labute approximate surface area is 301 Å². The van der Waals surface area contributed by atoms with Crippen LogP contribution in [0.4, 0.5) is 4.79 Å². The Hall–Kier alpha value is -4.24. The van der Waals surface area contributed by atoms with Gasteiger partial charge in [-0.05, 0) is 64.0 Å². The summed E-state index contributed by atoms with van der Waals surface area (Å²) in [5.74, 6) is -3.55. The molecule has 0 radical (unpaired) electrons. The second-order valence-electron chi connectivity index (χ2n) is 14.5. The van der Waals surface area contributed by atoms with E-state index in [-0.39, 0.29) is 24.8 Å². The number of likely N-dealkylation sites (tertiary alicyclic amines) is 1. The molecule has 5 amide bonds. The van der Waals surface area contributed by atoms with Crippen LogP contribution in [0.15, 0.2) is 30.3 Å². The molecule has 1 aromatic carbocycles. The molecule has 1 unspecified atom stereocenters. The summed E-state index contributed by atoms with van der Waals surface area (Å²) in [6.45, 7) is 12.7. The molecule has 7 N–H and O–H groups in total. The zero-order valence-electron chi connectivity index (χ0n) is 31.2. The molecular weight excluding hydrogens is 660 g/mol. The molecule has 0 saturated carbocycles. The topological polar surface area (TPSA) is 218 Å². The van der Waals surface area contributed by atoms with Crippen LogP contribution < -0.4 is 27.0 Å². The number of primary amides is 1. The molecule has 1 heterocycles. The number of rotatable bonds is 18. The number of ether oxygens (including phenoxy) is 2. The van der Waals surface area contributed by atoms with Crippen molar-refractivity contribution in [1.82, 2.24) is 26.2 Å². The molecule has 0 aliphatic carbocycles. The van der Waals surface area contributed by atoms with Crippen LogP contribution in [0.1, 0.15) is 79.7 Å². The van der Waals surface area contributed by atoms with Gasteiger partial charge in [0.15, 0.2) is 0 Å². The van der Waals surface area contributed by atoms with E-state index >= 15 is 0 Å². The van der Waals surface area contributed by atoms with Gasteiger partial charge in [0.2, 0.25) is 23.6 Å². The first-order valence-electron chi connectivity index (χ1n) is 17.6. The molecule has 15 heteroatoms. The predicted molar refractivity (Wildman–Crippen MR) is 190 cm³/mol. The van der Waals surface area contributed by atoms with Gasteiger partial charge in [-0.1, -0.05) is 64.4 Å². The van der Waals surface area contributed by atoms with Gasteiger partial charge in [0.05, 0.1) is 31.7 Å². The number of amides is 5. The summed E-state index contributed by atoms with van der Waals surface area (Å²) in [5.41, 5.74) is 5.33. The minimum atomic E-state index is -1.37. The van der Waals surface area contributed by atoms with Crippen molar-refractivity contribution in [2.75, 3.05) is 20.2 Å². The lowest BCUT2D eigenvalue weighted by Gasteiger charge is -2.33. The van der Waals surface area contributed by atoms with Crippen LogP contribution in [0.3, 0.4) is 0 Å². The van der Waals surface area contributed by atoms with Crippen LogP contribution >= 0.6 is 0 Å². The average molecular weight is 719 g/mol. The summed E-state index contributed by atoms with van der Waals surface area (Å²) < 4.78 is 10.1. The number of β-amino-alcohol motifs (C(OH)–C–C–N with tert-alkyl or cyclic N) is 1. The third kappa shape index (κ3) is 14.1. The van der Waals surface area contributed by atoms with Crippen molar-refractivity contribution in [3.05, 3.63) is 35.9 Å². The Morgan fingerprint density at radius 2 is 1.61 bits per heavy atom. The zero-order chi connectivity index (χ0) is 38.5. The molecule has 1 saturated heterocycles. The first-order chi connectivity index (χ1) is 23.9. The highest BCUT2D eigenvalue weighted by atomic mass is 16.6. The van der Waals surface area contributed by atoms with Gasteiger partial charge in [0, 0.05) is 6.54 Å². The number of carbonyl (C=O) groups excluding carboxylic acids is 6. The third-order valence-corrected chi connectivity index (χ3v) is 8.80. The van der Waals surface area contributed by atoms with Gasteiger partial charge >= 0.3 is 12.1 Å². The maximum atomic E-state index is 13.7. The Morgan fingerprint density at radius 3 is 2.16 bits per heavy atom. The Kier molecular flexibility index (Phi) is 16.8. The monoisotopic (exact) mass is 718 g/mol. The van der Waals surface area contributed by atoms with Crippen molar-refractivity contribution in [1.29, 1.82) is 0 Å². The number of hydrogen-bond acceptors (Lipinski definition) is 10. The minimum absolute atomic E-state index is 0.00614. The van der Waals surface area contributed by atoms with Gasteiger partial charge < -0.3 is 41.6 Å². The van der Waals surface area contributed by atoms with E-state index < -0.39 is 84.0 Å². The van der Waals surface area contributed by atoms with Crippen LogP contribution in [-0.4, -0.2) is 108 Å². The highest BCUT2D eigenvalue weighted by molar-refractivity contribution is 5.92. The van der Waals surface area contributed by atoms with E-state index in [4.69, 9.17) is 15.2 Å². The van der Waals surface area contributed by atoms with Gasteiger partial charge in [-0.15, -0.1) is 0 Å². The van der Waals surface area contributed by atoms with E-state index in [0.29, 0.717) is 25.8 Å². The lowest BCUT2D eigenvalue weighted by atomic mass is 9.96. The summed E-state index contributed by atoms with van der Waals surface area (Å²) in [4.78, 5) is 79.1. The van der Waals surface area contributed by atoms with E-state index in [0.717, 1.165) is 5.56 Å². The van der Waals surface area contributed by atoms with E-state index in [1.54, 1.807) is 39.5 Å². The van der Waals surface area contributed by atoms with Crippen molar-refractivity contribution >= 4 is 35.7 Å². The molecule has 1 aliphatic heterocycles. The van der Waals surface area contributed by atoms with Crippen LogP contribution in [0.5, 0.6) is 0 Å². The van der Waals surface area contributed by atoms with E-state index in [2.05, 4.69) is 21.3 Å². The van der Waals surface area contributed by atoms with Crippen molar-refractivity contribution in [3.8, 4) is 0 Å². The van der Waals surface area contributed by atoms with Gasteiger partial charge in [-0.2, -0.15) is 0 Å². The number of alkyl carbamates (subject to hydrolysis) is 1. The van der Waals surface area contributed by atoms with E-state index in [1.165, 1.54) is 7.11 Å². The number of methoxy groups -OCH3 is 1. The van der Waals surface area contributed by atoms with Crippen LogP contribution in [0.25, 0.3) is 0 Å². The number of benzene rings is 1. The molecule has 51 heavy (non-hydrogen) atoms. The summed E-state index contributed by atoms with van der Waals surface area (Å²) in [5, 5.41) is 22.4. The number of nitrogens with two attached hydrogens (primary N) is 1. The molecule has 7 atom stereocenters. The van der Waals surface area contributed by atoms with Crippen LogP contribution in [-0.2, 0) is 39.9 Å². The SMILES string of the molecule is CCC(C)[C@H](NC(=O)[C@@H]1CCCN1C[C@H](O)[C@H](Cc1ccccc1)NC(=O)[C@H](CC(N)=O)NC(=O)OC(C)(C)C)C(=O)N[C@H](C(=O)OC)C(C)C. The molecule has 1 aliphatic rings. The summed E-state index contributed by atoms with van der Waals surface area (Å²) in [7, 11) is 1.25. The average Bonchev–Trinajstić information content (AvgIpc) is 3.51. The molecule has 0 aromatic heterocycles. The quantitative estimate of drug-likeness (QED) is 0.119. The summed E-state index contributed by atoms with van der Waals surface area (Å²) in [6.07, 6.45) is -0.712. The molecule has 286 valence electrons. The van der Waals surface area contributed by atoms with E-state index in [1.807, 2.05) is 44.2 Å². The van der Waals surface area contributed by atoms with E-state index in [9.17, 15) is 33.9 Å². The number of nitrogens with one attached hydrogen (secondary N) is 4. The molecule has 0 bridgehead atoms. The Morgan fingerprint density at radius 1 is 0.961 bits per heavy atom. The number of hydrogen-bond donors (Lipinski definition) is 6. The molecule has 1 aromatic rings. The number of esters is 1. The van der Waals surface area contributed by atoms with Crippen molar-refractivity contribution in [2.45, 2.75) is 122 Å². The third-order valence-electron chi connectivity index (χ3n) is 8.80. The fourth-order valence-corrected chi connectivity index (χ4v) is 5.82. The lowest BCUT2D eigenvalue weighted by molar-refractivity contribution is -0.147. The van der Waals surface area contributed by atoms with Crippen molar-refractivity contribution in [2.24, 2.45) is 17.6 Å². The number of aliphatic hydroxyl groups excluding tert-OH is 1. The van der Waals surface area contributed by atoms with Gasteiger partial charge in [-0.25, -0.2) is 9.59 Å². The molecule has 1 fully saturated rings. The highest BCUT2D eigenvalue weighted by Crippen LogP contribution is 2.21. The maximum absolute atomic E-state index is 13.7. The predicted octanol–water partition coefficient (Wildman–Crippen LogP) is 1.15. The fraction of sp³-hybridized carbons (Fsp3) is 0.667. The van der Waals surface area contributed by atoms with Crippen molar-refractivity contribution in [3.63, 3.8) is 0 Å². The first-order valence-corrected chi connectivity index (χ1v) is 17.6. The minimum Gasteiger partial charge on any atom is -0.467 e. The molecule has 2 rings (SSSR count). The first kappa shape index (κ1) is 42.9.